The fraction of sp³-hybridized carbons (Fsp3) is 0.714. The third-order valence-corrected chi connectivity index (χ3v) is 3.78. The zero-order chi connectivity index (χ0) is 14.9. The van der Waals surface area contributed by atoms with Gasteiger partial charge in [0.15, 0.2) is 11.0 Å². The second-order valence-corrected chi connectivity index (χ2v) is 6.44. The van der Waals surface area contributed by atoms with Crippen molar-refractivity contribution in [3.63, 3.8) is 0 Å². The van der Waals surface area contributed by atoms with Crippen molar-refractivity contribution in [3.8, 4) is 0 Å². The summed E-state index contributed by atoms with van der Waals surface area (Å²) in [7, 11) is 0. The van der Waals surface area contributed by atoms with Crippen LogP contribution in [0.5, 0.6) is 0 Å². The summed E-state index contributed by atoms with van der Waals surface area (Å²) in [6, 6.07) is 0. The van der Waals surface area contributed by atoms with E-state index in [4.69, 9.17) is 11.6 Å². The fourth-order valence-corrected chi connectivity index (χ4v) is 2.72. The van der Waals surface area contributed by atoms with E-state index in [2.05, 4.69) is 19.8 Å². The first-order chi connectivity index (χ1) is 9.26. The van der Waals surface area contributed by atoms with Gasteiger partial charge in [-0.1, -0.05) is 11.6 Å². The Morgan fingerprint density at radius 1 is 1.10 bits per heavy atom. The Hall–Kier alpha value is -0.910. The van der Waals surface area contributed by atoms with E-state index < -0.39 is 5.60 Å². The Morgan fingerprint density at radius 3 is 2.20 bits per heavy atom. The summed E-state index contributed by atoms with van der Waals surface area (Å²) in [6.45, 7) is 11.7. The van der Waals surface area contributed by atoms with Crippen molar-refractivity contribution < 1.29 is 5.11 Å². The highest BCUT2D eigenvalue weighted by atomic mass is 35.5. The van der Waals surface area contributed by atoms with E-state index >= 15 is 0 Å². The van der Waals surface area contributed by atoms with Crippen molar-refractivity contribution in [2.24, 2.45) is 0 Å². The average molecular weight is 299 g/mol. The molecule has 0 amide bonds. The number of hydrogen-bond acceptors (Lipinski definition) is 5. The van der Waals surface area contributed by atoms with Crippen LogP contribution in [0.2, 0.25) is 5.15 Å². The number of halogens is 1. The third-order valence-electron chi connectivity index (χ3n) is 3.53. The molecule has 5 nitrogen and oxygen atoms in total. The van der Waals surface area contributed by atoms with Crippen LogP contribution in [0.4, 0.5) is 5.82 Å². The highest BCUT2D eigenvalue weighted by Gasteiger charge is 2.24. The molecule has 0 unspecified atom stereocenters. The van der Waals surface area contributed by atoms with Gasteiger partial charge in [-0.25, -0.2) is 9.97 Å². The molecular weight excluding hydrogens is 276 g/mol. The van der Waals surface area contributed by atoms with Crippen LogP contribution in [0.15, 0.2) is 0 Å². The smallest absolute Gasteiger partial charge is 0.171 e. The first-order valence-electron chi connectivity index (χ1n) is 6.97. The molecule has 6 heteroatoms. The topological polar surface area (TPSA) is 52.5 Å². The van der Waals surface area contributed by atoms with Crippen LogP contribution in [0, 0.1) is 13.8 Å². The Balaban J connectivity index is 2.02. The second kappa shape index (κ2) is 5.84. The monoisotopic (exact) mass is 298 g/mol. The minimum absolute atomic E-state index is 0.476. The van der Waals surface area contributed by atoms with Crippen LogP contribution in [0.25, 0.3) is 0 Å². The third kappa shape index (κ3) is 3.81. The standard InChI is InChI=1S/C14H23ClN4O/c1-10-11(2)17-13(12(15)16-10)19-7-5-18(6-8-19)9-14(3,4)20/h20H,5-9H2,1-4H3. The molecule has 2 heterocycles. The number of aliphatic hydroxyl groups is 1. The number of rotatable bonds is 3. The van der Waals surface area contributed by atoms with Crippen LogP contribution in [-0.2, 0) is 0 Å². The largest absolute Gasteiger partial charge is 0.389 e. The molecule has 1 aromatic rings. The highest BCUT2D eigenvalue weighted by Crippen LogP contribution is 2.24. The lowest BCUT2D eigenvalue weighted by molar-refractivity contribution is 0.0344. The van der Waals surface area contributed by atoms with Crippen LogP contribution < -0.4 is 4.90 Å². The first kappa shape index (κ1) is 15.5. The Kier molecular flexibility index (Phi) is 4.52. The number of nitrogens with zero attached hydrogens (tertiary/aromatic N) is 4. The van der Waals surface area contributed by atoms with E-state index in [1.807, 2.05) is 27.7 Å². The number of β-amino-alcohol motifs (C(OH)–C–C–N with tert-alkyl or cyclic N) is 1. The van der Waals surface area contributed by atoms with Crippen molar-refractivity contribution in [2.45, 2.75) is 33.3 Å². The Bertz CT molecular complexity index is 479. The molecule has 1 N–H and O–H groups in total. The maximum atomic E-state index is 9.87. The van der Waals surface area contributed by atoms with Gasteiger partial charge in [-0.05, 0) is 27.7 Å². The van der Waals surface area contributed by atoms with E-state index in [0.29, 0.717) is 11.7 Å². The molecule has 0 aliphatic carbocycles. The zero-order valence-corrected chi connectivity index (χ0v) is 13.4. The van der Waals surface area contributed by atoms with Gasteiger partial charge in [-0.15, -0.1) is 0 Å². The highest BCUT2D eigenvalue weighted by molar-refractivity contribution is 6.31. The zero-order valence-electron chi connectivity index (χ0n) is 12.6. The molecule has 0 aromatic carbocycles. The SMILES string of the molecule is Cc1nc(Cl)c(N2CCN(CC(C)(C)O)CC2)nc1C. The normalized spacial score (nSPS) is 17.6. The van der Waals surface area contributed by atoms with Gasteiger partial charge < -0.3 is 10.0 Å². The Labute approximate surface area is 125 Å². The van der Waals surface area contributed by atoms with Crippen molar-refractivity contribution >= 4 is 17.4 Å². The summed E-state index contributed by atoms with van der Waals surface area (Å²) in [5.74, 6) is 0.776. The summed E-state index contributed by atoms with van der Waals surface area (Å²) < 4.78 is 0. The van der Waals surface area contributed by atoms with Gasteiger partial charge in [0.2, 0.25) is 0 Å². The van der Waals surface area contributed by atoms with E-state index in [1.54, 1.807) is 0 Å². The van der Waals surface area contributed by atoms with Gasteiger partial charge in [-0.3, -0.25) is 4.90 Å². The minimum atomic E-state index is -0.653. The molecule has 20 heavy (non-hydrogen) atoms. The molecule has 1 aliphatic heterocycles. The average Bonchev–Trinajstić information content (AvgIpc) is 2.33. The lowest BCUT2D eigenvalue weighted by atomic mass is 10.1. The maximum Gasteiger partial charge on any atom is 0.171 e. The molecule has 0 saturated carbocycles. The summed E-state index contributed by atoms with van der Waals surface area (Å²) in [4.78, 5) is 13.3. The molecular formula is C14H23ClN4O. The van der Waals surface area contributed by atoms with E-state index in [-0.39, 0.29) is 0 Å². The van der Waals surface area contributed by atoms with Crippen molar-refractivity contribution in [3.05, 3.63) is 16.5 Å². The van der Waals surface area contributed by atoms with Crippen LogP contribution in [0.3, 0.4) is 0 Å². The molecule has 1 fully saturated rings. The molecule has 112 valence electrons. The Morgan fingerprint density at radius 2 is 1.65 bits per heavy atom. The predicted octanol–water partition coefficient (Wildman–Crippen LogP) is 1.64. The molecule has 2 rings (SSSR count). The van der Waals surface area contributed by atoms with Crippen molar-refractivity contribution in [1.29, 1.82) is 0 Å². The fourth-order valence-electron chi connectivity index (χ4n) is 2.43. The molecule has 1 saturated heterocycles. The molecule has 0 atom stereocenters. The second-order valence-electron chi connectivity index (χ2n) is 6.08. The van der Waals surface area contributed by atoms with E-state index in [1.165, 1.54) is 0 Å². The summed E-state index contributed by atoms with van der Waals surface area (Å²) in [6.07, 6.45) is 0. The molecule has 0 radical (unpaired) electrons. The lowest BCUT2D eigenvalue weighted by Crippen LogP contribution is -2.50. The van der Waals surface area contributed by atoms with Crippen molar-refractivity contribution in [2.75, 3.05) is 37.6 Å². The molecule has 0 bridgehead atoms. The summed E-state index contributed by atoms with van der Waals surface area (Å²) in [5, 5.41) is 10.3. The van der Waals surface area contributed by atoms with E-state index in [0.717, 1.165) is 43.4 Å². The van der Waals surface area contributed by atoms with Gasteiger partial charge in [0.25, 0.3) is 0 Å². The number of anilines is 1. The predicted molar refractivity (Wildman–Crippen MR) is 81.5 cm³/mol. The number of aromatic nitrogens is 2. The molecule has 0 spiro atoms. The van der Waals surface area contributed by atoms with Crippen LogP contribution in [0.1, 0.15) is 25.2 Å². The molecule has 1 aliphatic rings. The number of hydrogen-bond donors (Lipinski definition) is 1. The number of aryl methyl sites for hydroxylation is 2. The quantitative estimate of drug-likeness (QED) is 0.919. The summed E-state index contributed by atoms with van der Waals surface area (Å²) >= 11 is 6.21. The van der Waals surface area contributed by atoms with Gasteiger partial charge in [0.05, 0.1) is 17.0 Å². The summed E-state index contributed by atoms with van der Waals surface area (Å²) in [5.41, 5.74) is 1.14. The van der Waals surface area contributed by atoms with Gasteiger partial charge in [-0.2, -0.15) is 0 Å². The van der Waals surface area contributed by atoms with Gasteiger partial charge in [0, 0.05) is 32.7 Å². The van der Waals surface area contributed by atoms with Gasteiger partial charge >= 0.3 is 0 Å². The van der Waals surface area contributed by atoms with Crippen LogP contribution >= 0.6 is 11.6 Å². The van der Waals surface area contributed by atoms with E-state index in [9.17, 15) is 5.11 Å². The van der Waals surface area contributed by atoms with Crippen LogP contribution in [-0.4, -0.2) is 58.3 Å². The lowest BCUT2D eigenvalue weighted by Gasteiger charge is -2.38. The minimum Gasteiger partial charge on any atom is -0.389 e. The first-order valence-corrected chi connectivity index (χ1v) is 7.34. The number of piperazine rings is 1. The van der Waals surface area contributed by atoms with Gasteiger partial charge in [0.1, 0.15) is 0 Å². The maximum absolute atomic E-state index is 9.87. The van der Waals surface area contributed by atoms with Crippen molar-refractivity contribution in [1.82, 2.24) is 14.9 Å². The molecule has 1 aromatic heterocycles.